The summed E-state index contributed by atoms with van der Waals surface area (Å²) in [5, 5.41) is 0. The average molecular weight is 929 g/mol. The minimum atomic E-state index is -0.696. The van der Waals surface area contributed by atoms with Gasteiger partial charge in [0.1, 0.15) is 19.0 Å². The van der Waals surface area contributed by atoms with E-state index >= 15 is 0 Å². The van der Waals surface area contributed by atoms with Crippen LogP contribution in [0.1, 0.15) is 58.6 Å². The van der Waals surface area contributed by atoms with Gasteiger partial charge in [-0.05, 0) is 106 Å². The monoisotopic (exact) mass is 928 g/mol. The minimum Gasteiger partial charge on any atom is -0.462 e. The van der Waals surface area contributed by atoms with Crippen LogP contribution in [0.2, 0.25) is 0 Å². The molecule has 0 atom stereocenters. The van der Waals surface area contributed by atoms with Gasteiger partial charge in [0.25, 0.3) is 0 Å². The van der Waals surface area contributed by atoms with E-state index in [0.29, 0.717) is 34.5 Å². The van der Waals surface area contributed by atoms with Crippen LogP contribution in [0.5, 0.6) is 11.5 Å². The van der Waals surface area contributed by atoms with Crippen LogP contribution >= 0.6 is 0 Å². The van der Waals surface area contributed by atoms with Crippen molar-refractivity contribution in [2.75, 3.05) is 26.4 Å². The summed E-state index contributed by atoms with van der Waals surface area (Å²) in [6.45, 7) is 30.8. The first kappa shape index (κ1) is 54.4. The molecule has 356 valence electrons. The van der Waals surface area contributed by atoms with E-state index in [-0.39, 0.29) is 60.7 Å². The third kappa shape index (κ3) is 17.8. The number of ether oxygens (including phenoxy) is 6. The van der Waals surface area contributed by atoms with Crippen molar-refractivity contribution in [1.82, 2.24) is 0 Å². The highest BCUT2D eigenvalue weighted by Gasteiger charge is 2.20. The Kier molecular flexibility index (Phi) is 21.0. The molecular formula is C55H57FO12. The molecule has 0 N–H and O–H groups in total. The standard InChI is InChI=1S/C28H29FO6.C27H28O6/c1-17(2)26(30)33-15-21(16-34-27(31)18(3)4)13-20-7-9-22(10-8-20)23-11-12-25(24(29)14-23)35-28(32)19(5)6;1-17(2)25(28)31-15-23(16-32-26(29)18(3)4)22-9-7-20(8-10-22)21-11-13-24(14-12-21)33-27(30)19(5)6/h7-12,14,21H,1,3,5,13,15-16H2,2,4,6H3;7-14,23H,1,3,5,15-16H2,2,4,6H3. The Morgan fingerprint density at radius 2 is 0.794 bits per heavy atom. The van der Waals surface area contributed by atoms with Gasteiger partial charge in [0, 0.05) is 39.4 Å². The molecule has 0 aliphatic heterocycles. The quantitative estimate of drug-likeness (QED) is 0.0338. The van der Waals surface area contributed by atoms with Crippen molar-refractivity contribution in [2.45, 2.75) is 53.9 Å². The summed E-state index contributed by atoms with van der Waals surface area (Å²) in [7, 11) is 0. The molecule has 0 aliphatic rings. The predicted octanol–water partition coefficient (Wildman–Crippen LogP) is 10.5. The molecule has 0 saturated carbocycles. The van der Waals surface area contributed by atoms with Crippen molar-refractivity contribution in [1.29, 1.82) is 0 Å². The maximum absolute atomic E-state index is 14.4. The Morgan fingerprint density at radius 3 is 1.21 bits per heavy atom. The molecule has 0 unspecified atom stereocenters. The van der Waals surface area contributed by atoms with Gasteiger partial charge in [-0.25, -0.2) is 33.2 Å². The molecule has 68 heavy (non-hydrogen) atoms. The molecule has 4 aromatic carbocycles. The van der Waals surface area contributed by atoms with Crippen molar-refractivity contribution < 1.29 is 61.6 Å². The zero-order valence-electron chi connectivity index (χ0n) is 39.4. The zero-order chi connectivity index (χ0) is 50.7. The number of benzene rings is 4. The predicted molar refractivity (Wildman–Crippen MR) is 258 cm³/mol. The number of rotatable bonds is 21. The number of esters is 6. The van der Waals surface area contributed by atoms with Crippen molar-refractivity contribution in [3.8, 4) is 33.8 Å². The molecule has 0 bridgehead atoms. The summed E-state index contributed by atoms with van der Waals surface area (Å²) in [4.78, 5) is 70.5. The van der Waals surface area contributed by atoms with Crippen LogP contribution in [0.15, 0.2) is 164 Å². The topological polar surface area (TPSA) is 158 Å². The molecule has 0 radical (unpaired) electrons. The average Bonchev–Trinajstić information content (AvgIpc) is 3.30. The first-order chi connectivity index (χ1) is 32.1. The largest absolute Gasteiger partial charge is 0.462 e. The highest BCUT2D eigenvalue weighted by molar-refractivity contribution is 5.90. The number of hydrogen-bond acceptors (Lipinski definition) is 12. The molecule has 4 rings (SSSR count). The normalized spacial score (nSPS) is 10.4. The van der Waals surface area contributed by atoms with Crippen LogP contribution in [-0.2, 0) is 54.1 Å². The SMILES string of the molecule is C=C(C)C(=O)OCC(COC(=O)C(=C)C)Cc1ccc(-c2ccc(OC(=O)C(=C)C)c(F)c2)cc1.C=C(C)C(=O)OCC(COC(=O)C(=C)C)c1ccc(-c2ccc(OC(=O)C(=C)C)cc2)cc1. The zero-order valence-corrected chi connectivity index (χ0v) is 39.4. The summed E-state index contributed by atoms with van der Waals surface area (Å²) in [5.41, 5.74) is 6.61. The van der Waals surface area contributed by atoms with Gasteiger partial charge in [-0.15, -0.1) is 0 Å². The van der Waals surface area contributed by atoms with E-state index in [2.05, 4.69) is 39.5 Å². The van der Waals surface area contributed by atoms with Crippen LogP contribution in [0, 0.1) is 11.7 Å². The lowest BCUT2D eigenvalue weighted by Crippen LogP contribution is -2.23. The van der Waals surface area contributed by atoms with Gasteiger partial charge in [-0.3, -0.25) is 0 Å². The molecule has 0 heterocycles. The second-order valence-corrected chi connectivity index (χ2v) is 16.1. The number of hydrogen-bond donors (Lipinski definition) is 0. The highest BCUT2D eigenvalue weighted by atomic mass is 19.1. The summed E-state index contributed by atoms with van der Waals surface area (Å²) in [6.07, 6.45) is 0.470. The molecule has 0 fully saturated rings. The van der Waals surface area contributed by atoms with Crippen LogP contribution in [0.25, 0.3) is 22.3 Å². The Balaban J connectivity index is 0.000000361. The van der Waals surface area contributed by atoms with Crippen LogP contribution < -0.4 is 9.47 Å². The Hall–Kier alpha value is -7.93. The van der Waals surface area contributed by atoms with Crippen LogP contribution in [0.4, 0.5) is 4.39 Å². The van der Waals surface area contributed by atoms with Crippen LogP contribution in [0.3, 0.4) is 0 Å². The fraction of sp³-hybridized carbons (Fsp3) is 0.236. The lowest BCUT2D eigenvalue weighted by atomic mass is 9.97. The van der Waals surface area contributed by atoms with Crippen molar-refractivity contribution in [3.63, 3.8) is 0 Å². The third-order valence-electron chi connectivity index (χ3n) is 9.55. The molecule has 12 nitrogen and oxygen atoms in total. The Morgan fingerprint density at radius 1 is 0.441 bits per heavy atom. The van der Waals surface area contributed by atoms with Crippen molar-refractivity contribution in [2.24, 2.45) is 5.92 Å². The molecule has 0 aliphatic carbocycles. The van der Waals surface area contributed by atoms with Crippen molar-refractivity contribution in [3.05, 3.63) is 181 Å². The first-order valence-electron chi connectivity index (χ1n) is 21.2. The van der Waals surface area contributed by atoms with E-state index in [1.165, 1.54) is 19.1 Å². The van der Waals surface area contributed by atoms with E-state index in [1.54, 1.807) is 52.8 Å². The molecule has 0 spiro atoms. The van der Waals surface area contributed by atoms with E-state index < -0.39 is 41.6 Å². The lowest BCUT2D eigenvalue weighted by Gasteiger charge is -2.18. The van der Waals surface area contributed by atoms with E-state index in [0.717, 1.165) is 27.8 Å². The van der Waals surface area contributed by atoms with Gasteiger partial charge >= 0.3 is 35.8 Å². The summed E-state index contributed by atoms with van der Waals surface area (Å²) >= 11 is 0. The summed E-state index contributed by atoms with van der Waals surface area (Å²) in [5.74, 6) is -4.26. The second kappa shape index (κ2) is 26.3. The molecule has 0 aromatic heterocycles. The van der Waals surface area contributed by atoms with Gasteiger partial charge in [0.15, 0.2) is 11.6 Å². The van der Waals surface area contributed by atoms with Crippen LogP contribution in [-0.4, -0.2) is 62.2 Å². The summed E-state index contributed by atoms with van der Waals surface area (Å²) in [6, 6.07) is 26.4. The molecule has 13 heteroatoms. The maximum atomic E-state index is 14.4. The molecular weight excluding hydrogens is 872 g/mol. The number of carbonyl (C=O) groups is 6. The van der Waals surface area contributed by atoms with E-state index in [1.807, 2.05) is 60.7 Å². The smallest absolute Gasteiger partial charge is 0.338 e. The molecule has 4 aromatic rings. The van der Waals surface area contributed by atoms with E-state index in [4.69, 9.17) is 28.4 Å². The maximum Gasteiger partial charge on any atom is 0.338 e. The fourth-order valence-corrected chi connectivity index (χ4v) is 5.61. The van der Waals surface area contributed by atoms with Gasteiger partial charge in [0.2, 0.25) is 0 Å². The lowest BCUT2D eigenvalue weighted by molar-refractivity contribution is -0.145. The second-order valence-electron chi connectivity index (χ2n) is 16.1. The minimum absolute atomic E-state index is 0.0390. The molecule has 0 amide bonds. The highest BCUT2D eigenvalue weighted by Crippen LogP contribution is 2.28. The Bertz CT molecular complexity index is 2510. The van der Waals surface area contributed by atoms with Crippen molar-refractivity contribution >= 4 is 35.8 Å². The van der Waals surface area contributed by atoms with Gasteiger partial charge in [-0.2, -0.15) is 0 Å². The fourth-order valence-electron chi connectivity index (χ4n) is 5.61. The number of halogens is 1. The van der Waals surface area contributed by atoms with E-state index in [9.17, 15) is 33.2 Å². The molecule has 0 saturated heterocycles. The number of carbonyl (C=O) groups excluding carboxylic acids is 6. The third-order valence-corrected chi connectivity index (χ3v) is 9.55. The van der Waals surface area contributed by atoms with Gasteiger partial charge in [0.05, 0.1) is 19.1 Å². The van der Waals surface area contributed by atoms with Gasteiger partial charge < -0.3 is 28.4 Å². The first-order valence-corrected chi connectivity index (χ1v) is 21.2. The Labute approximate surface area is 397 Å². The summed E-state index contributed by atoms with van der Waals surface area (Å²) < 4.78 is 45.7. The van der Waals surface area contributed by atoms with Gasteiger partial charge in [-0.1, -0.05) is 106 Å².